The van der Waals surface area contributed by atoms with Crippen LogP contribution in [0.1, 0.15) is 36.0 Å². The van der Waals surface area contributed by atoms with E-state index in [1.165, 1.54) is 4.88 Å². The van der Waals surface area contributed by atoms with E-state index in [-0.39, 0.29) is 6.04 Å². The highest BCUT2D eigenvalue weighted by Gasteiger charge is 2.24. The maximum Gasteiger partial charge on any atom is 0.231 e. The van der Waals surface area contributed by atoms with Crippen LogP contribution in [0.15, 0.2) is 22.0 Å². The van der Waals surface area contributed by atoms with Crippen molar-refractivity contribution < 1.29 is 4.52 Å². The summed E-state index contributed by atoms with van der Waals surface area (Å²) >= 11 is 1.72. The number of aromatic nitrogens is 2. The first-order chi connectivity index (χ1) is 9.86. The van der Waals surface area contributed by atoms with E-state index in [9.17, 15) is 0 Å². The zero-order valence-corrected chi connectivity index (χ0v) is 12.5. The Hall–Kier alpha value is -1.24. The maximum atomic E-state index is 5.41. The van der Waals surface area contributed by atoms with E-state index in [2.05, 4.69) is 38.7 Å². The highest BCUT2D eigenvalue weighted by molar-refractivity contribution is 7.09. The van der Waals surface area contributed by atoms with Gasteiger partial charge in [-0.3, -0.25) is 4.90 Å². The van der Waals surface area contributed by atoms with Gasteiger partial charge in [-0.05, 0) is 17.9 Å². The summed E-state index contributed by atoms with van der Waals surface area (Å²) in [5.41, 5.74) is 0. The Morgan fingerprint density at radius 1 is 1.45 bits per heavy atom. The Bertz CT molecular complexity index is 519. The van der Waals surface area contributed by atoms with Crippen molar-refractivity contribution >= 4 is 11.3 Å². The number of piperazine rings is 1. The number of nitrogens with one attached hydrogen (secondary N) is 1. The zero-order valence-electron chi connectivity index (χ0n) is 11.7. The molecule has 1 saturated heterocycles. The lowest BCUT2D eigenvalue weighted by Gasteiger charge is -2.32. The summed E-state index contributed by atoms with van der Waals surface area (Å²) in [5.74, 6) is 1.55. The second kappa shape index (κ2) is 6.47. The second-order valence-corrected chi connectivity index (χ2v) is 6.04. The van der Waals surface area contributed by atoms with Crippen LogP contribution in [-0.4, -0.2) is 41.2 Å². The van der Waals surface area contributed by atoms with Crippen LogP contribution in [0.2, 0.25) is 0 Å². The molecule has 2 aromatic rings. The molecule has 0 aliphatic carbocycles. The number of rotatable bonds is 5. The first-order valence-electron chi connectivity index (χ1n) is 7.16. The molecule has 1 N–H and O–H groups in total. The first kappa shape index (κ1) is 13.7. The van der Waals surface area contributed by atoms with Crippen LogP contribution >= 0.6 is 11.3 Å². The van der Waals surface area contributed by atoms with Gasteiger partial charge in [0.15, 0.2) is 5.82 Å². The molecule has 3 heterocycles. The van der Waals surface area contributed by atoms with Gasteiger partial charge < -0.3 is 9.84 Å². The van der Waals surface area contributed by atoms with Gasteiger partial charge in [0, 0.05) is 31.1 Å². The van der Waals surface area contributed by atoms with E-state index < -0.39 is 0 Å². The molecule has 5 nitrogen and oxygen atoms in total. The average molecular weight is 292 g/mol. The lowest BCUT2D eigenvalue weighted by molar-refractivity contribution is 0.160. The lowest BCUT2D eigenvalue weighted by Crippen LogP contribution is -2.45. The third-order valence-electron chi connectivity index (χ3n) is 3.67. The molecule has 0 aromatic carbocycles. The molecule has 0 amide bonds. The third-order valence-corrected chi connectivity index (χ3v) is 4.54. The minimum absolute atomic E-state index is 0.276. The van der Waals surface area contributed by atoms with Gasteiger partial charge in [0.05, 0.1) is 12.5 Å². The molecule has 3 rings (SSSR count). The summed E-state index contributed by atoms with van der Waals surface area (Å²) in [6.45, 7) is 6.36. The van der Waals surface area contributed by atoms with Gasteiger partial charge in [0.2, 0.25) is 5.89 Å². The minimum Gasteiger partial charge on any atom is -0.339 e. The van der Waals surface area contributed by atoms with Crippen LogP contribution in [0.5, 0.6) is 0 Å². The SMILES string of the molecule is CCC(c1noc(Cc2cccs2)n1)N1CCNCC1. The Morgan fingerprint density at radius 3 is 3.00 bits per heavy atom. The quantitative estimate of drug-likeness (QED) is 0.914. The van der Waals surface area contributed by atoms with Crippen molar-refractivity contribution in [3.05, 3.63) is 34.1 Å². The monoisotopic (exact) mass is 292 g/mol. The smallest absolute Gasteiger partial charge is 0.231 e. The van der Waals surface area contributed by atoms with Crippen molar-refractivity contribution in [3.8, 4) is 0 Å². The predicted molar refractivity (Wildman–Crippen MR) is 78.9 cm³/mol. The summed E-state index contributed by atoms with van der Waals surface area (Å²) in [7, 11) is 0. The van der Waals surface area contributed by atoms with Crippen molar-refractivity contribution in [2.24, 2.45) is 0 Å². The molecule has 0 spiro atoms. The van der Waals surface area contributed by atoms with Crippen molar-refractivity contribution in [2.45, 2.75) is 25.8 Å². The van der Waals surface area contributed by atoms with E-state index in [1.54, 1.807) is 11.3 Å². The molecule has 20 heavy (non-hydrogen) atoms. The fourth-order valence-corrected chi connectivity index (χ4v) is 3.33. The van der Waals surface area contributed by atoms with Crippen LogP contribution in [0.25, 0.3) is 0 Å². The molecule has 0 bridgehead atoms. The van der Waals surface area contributed by atoms with E-state index in [0.29, 0.717) is 0 Å². The minimum atomic E-state index is 0.276. The maximum absolute atomic E-state index is 5.41. The van der Waals surface area contributed by atoms with Crippen LogP contribution in [0, 0.1) is 0 Å². The van der Waals surface area contributed by atoms with Crippen molar-refractivity contribution in [2.75, 3.05) is 26.2 Å². The van der Waals surface area contributed by atoms with E-state index in [0.717, 1.165) is 50.7 Å². The van der Waals surface area contributed by atoms with Gasteiger partial charge in [-0.2, -0.15) is 4.98 Å². The van der Waals surface area contributed by atoms with Gasteiger partial charge in [0.25, 0.3) is 0 Å². The van der Waals surface area contributed by atoms with Crippen molar-refractivity contribution in [3.63, 3.8) is 0 Å². The summed E-state index contributed by atoms with van der Waals surface area (Å²) in [6, 6.07) is 4.42. The van der Waals surface area contributed by atoms with Gasteiger partial charge >= 0.3 is 0 Å². The first-order valence-corrected chi connectivity index (χ1v) is 8.04. The van der Waals surface area contributed by atoms with E-state index >= 15 is 0 Å². The Balaban J connectivity index is 1.70. The molecule has 0 radical (unpaired) electrons. The van der Waals surface area contributed by atoms with Crippen LogP contribution in [0.4, 0.5) is 0 Å². The molecule has 6 heteroatoms. The molecule has 1 aliphatic heterocycles. The number of nitrogens with zero attached hydrogens (tertiary/aromatic N) is 3. The van der Waals surface area contributed by atoms with Gasteiger partial charge in [-0.15, -0.1) is 11.3 Å². The summed E-state index contributed by atoms with van der Waals surface area (Å²) in [6.07, 6.45) is 1.75. The van der Waals surface area contributed by atoms with E-state index in [4.69, 9.17) is 4.52 Å². The fourth-order valence-electron chi connectivity index (χ4n) is 2.64. The van der Waals surface area contributed by atoms with Gasteiger partial charge in [-0.25, -0.2) is 0 Å². The number of hydrogen-bond acceptors (Lipinski definition) is 6. The lowest BCUT2D eigenvalue weighted by atomic mass is 10.1. The highest BCUT2D eigenvalue weighted by Crippen LogP contribution is 2.23. The molecule has 108 valence electrons. The van der Waals surface area contributed by atoms with E-state index in [1.807, 2.05) is 6.07 Å². The molecular formula is C14H20N4OS. The van der Waals surface area contributed by atoms with Crippen LogP contribution in [0.3, 0.4) is 0 Å². The molecular weight excluding hydrogens is 272 g/mol. The topological polar surface area (TPSA) is 54.2 Å². The molecule has 1 unspecified atom stereocenters. The molecule has 1 fully saturated rings. The largest absolute Gasteiger partial charge is 0.339 e. The van der Waals surface area contributed by atoms with Crippen LogP contribution in [-0.2, 0) is 6.42 Å². The second-order valence-electron chi connectivity index (χ2n) is 5.01. The normalized spacial score (nSPS) is 18.2. The highest BCUT2D eigenvalue weighted by atomic mass is 32.1. The molecule has 0 saturated carbocycles. The third kappa shape index (κ3) is 3.08. The van der Waals surface area contributed by atoms with Gasteiger partial charge in [-0.1, -0.05) is 18.1 Å². The Labute approximate surface area is 123 Å². The fraction of sp³-hybridized carbons (Fsp3) is 0.571. The number of hydrogen-bond donors (Lipinski definition) is 1. The van der Waals surface area contributed by atoms with Gasteiger partial charge in [0.1, 0.15) is 0 Å². The molecule has 1 atom stereocenters. The average Bonchev–Trinajstić information content (AvgIpc) is 3.14. The Kier molecular flexibility index (Phi) is 4.44. The van der Waals surface area contributed by atoms with Crippen molar-refractivity contribution in [1.82, 2.24) is 20.4 Å². The van der Waals surface area contributed by atoms with Crippen LogP contribution < -0.4 is 5.32 Å². The number of thiophene rings is 1. The summed E-state index contributed by atoms with van der Waals surface area (Å²) in [5, 5.41) is 9.65. The predicted octanol–water partition coefficient (Wildman–Crippen LogP) is 2.08. The summed E-state index contributed by atoms with van der Waals surface area (Å²) < 4.78 is 5.41. The summed E-state index contributed by atoms with van der Waals surface area (Å²) in [4.78, 5) is 8.30. The Morgan fingerprint density at radius 2 is 2.30 bits per heavy atom. The molecule has 1 aliphatic rings. The standard InChI is InChI=1S/C14H20N4OS/c1-2-12(18-7-5-15-6-8-18)14-16-13(19-17-14)10-11-4-3-9-20-11/h3-4,9,12,15H,2,5-8,10H2,1H3. The molecule has 2 aromatic heterocycles. The zero-order chi connectivity index (χ0) is 13.8. The van der Waals surface area contributed by atoms with Crippen molar-refractivity contribution in [1.29, 1.82) is 0 Å².